The lowest BCUT2D eigenvalue weighted by atomic mass is 10.0. The number of nitrogens with zero attached hydrogens (tertiary/aromatic N) is 2. The largest absolute Gasteiger partial charge is 0.358 e. The monoisotopic (exact) mass is 297 g/mol. The number of Topliss-reactive ketones (excluding diaryl/α,β-unsaturated/α-hetero) is 1. The number of hydrogen-bond acceptors (Lipinski definition) is 3. The van der Waals surface area contributed by atoms with E-state index in [-0.39, 0.29) is 0 Å². The summed E-state index contributed by atoms with van der Waals surface area (Å²) in [5.41, 5.74) is 0.356. The molecule has 0 saturated carbocycles. The van der Waals surface area contributed by atoms with E-state index in [4.69, 9.17) is 5.26 Å². The van der Waals surface area contributed by atoms with Gasteiger partial charge in [-0.1, -0.05) is 0 Å². The van der Waals surface area contributed by atoms with E-state index < -0.39 is 17.6 Å². The quantitative estimate of drug-likeness (QED) is 0.673. The van der Waals surface area contributed by atoms with Gasteiger partial charge in [0.2, 0.25) is 11.7 Å². The van der Waals surface area contributed by atoms with E-state index in [1.807, 2.05) is 6.92 Å². The summed E-state index contributed by atoms with van der Waals surface area (Å²) in [5.74, 6) is -2.37. The van der Waals surface area contributed by atoms with Crippen LogP contribution in [0.4, 0.5) is 0 Å². The minimum Gasteiger partial charge on any atom is -0.358 e. The molecule has 0 fully saturated rings. The van der Waals surface area contributed by atoms with E-state index in [0.29, 0.717) is 12.2 Å². The van der Waals surface area contributed by atoms with Gasteiger partial charge in [-0.15, -0.1) is 0 Å². The number of nitrogens with one attached hydrogen (secondary N) is 1. The molecule has 0 saturated heterocycles. The number of amides is 1. The molecule has 1 atom stereocenters. The third-order valence-corrected chi connectivity index (χ3v) is 2.79. The molecular weight excluding hydrogens is 286 g/mol. The molecule has 0 aromatic carbocycles. The third kappa shape index (κ3) is 2.74. The van der Waals surface area contributed by atoms with Gasteiger partial charge in [-0.25, -0.2) is 0 Å². The first kappa shape index (κ1) is 13.5. The van der Waals surface area contributed by atoms with Crippen LogP contribution in [0.5, 0.6) is 0 Å². The molecule has 1 N–H and O–H groups in total. The van der Waals surface area contributed by atoms with Crippen LogP contribution in [-0.2, 0) is 11.3 Å². The number of hydrogen-bond donors (Lipinski definition) is 1. The molecule has 0 spiro atoms. The van der Waals surface area contributed by atoms with E-state index >= 15 is 0 Å². The van der Waals surface area contributed by atoms with Crippen molar-refractivity contribution in [3.8, 4) is 6.07 Å². The molecule has 90 valence electrons. The highest BCUT2D eigenvalue weighted by atomic mass is 79.9. The summed E-state index contributed by atoms with van der Waals surface area (Å²) in [7, 11) is 1.40. The molecule has 1 rings (SSSR count). The number of ketones is 1. The fourth-order valence-electron chi connectivity index (χ4n) is 1.47. The van der Waals surface area contributed by atoms with Crippen LogP contribution in [-0.4, -0.2) is 23.3 Å². The summed E-state index contributed by atoms with van der Waals surface area (Å²) in [5, 5.41) is 11.2. The van der Waals surface area contributed by atoms with Crippen LogP contribution in [0.3, 0.4) is 0 Å². The van der Waals surface area contributed by atoms with E-state index in [9.17, 15) is 9.59 Å². The van der Waals surface area contributed by atoms with Gasteiger partial charge in [-0.05, 0) is 28.9 Å². The van der Waals surface area contributed by atoms with Gasteiger partial charge in [0.15, 0.2) is 5.92 Å². The van der Waals surface area contributed by atoms with Crippen LogP contribution >= 0.6 is 15.9 Å². The Hall–Kier alpha value is -1.61. The van der Waals surface area contributed by atoms with Crippen molar-refractivity contribution in [1.82, 2.24) is 9.88 Å². The predicted molar refractivity (Wildman–Crippen MR) is 65.3 cm³/mol. The molecule has 0 aliphatic heterocycles. The smallest absolute Gasteiger partial charge is 0.245 e. The molecule has 0 aliphatic carbocycles. The second kappa shape index (κ2) is 5.64. The zero-order chi connectivity index (χ0) is 13.0. The van der Waals surface area contributed by atoms with Gasteiger partial charge >= 0.3 is 0 Å². The number of aromatic nitrogens is 1. The fraction of sp³-hybridized carbons (Fsp3) is 0.364. The molecular formula is C11H12BrN3O2. The summed E-state index contributed by atoms with van der Waals surface area (Å²) >= 11 is 3.26. The average molecular weight is 298 g/mol. The number of carbonyl (C=O) groups excluding carboxylic acids is 2. The van der Waals surface area contributed by atoms with Crippen molar-refractivity contribution in [3.63, 3.8) is 0 Å². The SMILES string of the molecule is CCn1cc(Br)cc1C(=O)C(C#N)C(=O)NC. The number of halogens is 1. The summed E-state index contributed by atoms with van der Waals surface area (Å²) < 4.78 is 2.44. The van der Waals surface area contributed by atoms with Crippen molar-refractivity contribution in [2.24, 2.45) is 5.92 Å². The predicted octanol–water partition coefficient (Wildman–Crippen LogP) is 1.34. The van der Waals surface area contributed by atoms with E-state index in [1.54, 1.807) is 22.9 Å². The Morgan fingerprint density at radius 2 is 2.29 bits per heavy atom. The normalized spacial score (nSPS) is 11.6. The van der Waals surface area contributed by atoms with Crippen molar-refractivity contribution >= 4 is 27.6 Å². The molecule has 1 unspecified atom stereocenters. The summed E-state index contributed by atoms with van der Waals surface area (Å²) in [6, 6.07) is 3.33. The second-order valence-electron chi connectivity index (χ2n) is 3.37. The molecule has 6 heteroatoms. The van der Waals surface area contributed by atoms with Crippen molar-refractivity contribution < 1.29 is 9.59 Å². The summed E-state index contributed by atoms with van der Waals surface area (Å²) in [6.45, 7) is 2.48. The van der Waals surface area contributed by atoms with Crippen LogP contribution < -0.4 is 5.32 Å². The van der Waals surface area contributed by atoms with E-state index in [1.165, 1.54) is 7.05 Å². The fourth-order valence-corrected chi connectivity index (χ4v) is 1.94. The van der Waals surface area contributed by atoms with Crippen LogP contribution in [0.15, 0.2) is 16.7 Å². The molecule has 0 radical (unpaired) electrons. The second-order valence-corrected chi connectivity index (χ2v) is 4.29. The first-order valence-electron chi connectivity index (χ1n) is 5.06. The molecule has 1 aromatic rings. The summed E-state index contributed by atoms with van der Waals surface area (Å²) in [4.78, 5) is 23.4. The van der Waals surface area contributed by atoms with Gasteiger partial charge in [0.1, 0.15) is 0 Å². The Morgan fingerprint density at radius 3 is 2.76 bits per heavy atom. The molecule has 0 bridgehead atoms. The average Bonchev–Trinajstić information content (AvgIpc) is 2.70. The molecule has 0 aliphatic rings. The van der Waals surface area contributed by atoms with Crippen molar-refractivity contribution in [2.45, 2.75) is 13.5 Å². The van der Waals surface area contributed by atoms with Crippen LogP contribution in [0.25, 0.3) is 0 Å². The van der Waals surface area contributed by atoms with Gasteiger partial charge in [-0.2, -0.15) is 5.26 Å². The highest BCUT2D eigenvalue weighted by Gasteiger charge is 2.28. The van der Waals surface area contributed by atoms with Crippen molar-refractivity contribution in [1.29, 1.82) is 5.26 Å². The van der Waals surface area contributed by atoms with E-state index in [2.05, 4.69) is 21.2 Å². The molecule has 1 amide bonds. The van der Waals surface area contributed by atoms with Gasteiger partial charge in [0, 0.05) is 24.3 Å². The highest BCUT2D eigenvalue weighted by Crippen LogP contribution is 2.18. The Kier molecular flexibility index (Phi) is 4.46. The zero-order valence-corrected chi connectivity index (χ0v) is 11.1. The Morgan fingerprint density at radius 1 is 1.65 bits per heavy atom. The minimum atomic E-state index is -1.30. The maximum absolute atomic E-state index is 12.0. The lowest BCUT2D eigenvalue weighted by Crippen LogP contribution is -2.33. The van der Waals surface area contributed by atoms with Crippen LogP contribution in [0.2, 0.25) is 0 Å². The molecule has 1 aromatic heterocycles. The topological polar surface area (TPSA) is 74.9 Å². The molecule has 17 heavy (non-hydrogen) atoms. The summed E-state index contributed by atoms with van der Waals surface area (Å²) in [6.07, 6.45) is 1.74. The number of aryl methyl sites for hydroxylation is 1. The lowest BCUT2D eigenvalue weighted by Gasteiger charge is -2.08. The van der Waals surface area contributed by atoms with Crippen LogP contribution in [0, 0.1) is 17.2 Å². The van der Waals surface area contributed by atoms with Gasteiger partial charge in [-0.3, -0.25) is 9.59 Å². The first-order chi connectivity index (χ1) is 8.04. The van der Waals surface area contributed by atoms with Crippen molar-refractivity contribution in [3.05, 3.63) is 22.4 Å². The van der Waals surface area contributed by atoms with Gasteiger partial charge in [0.05, 0.1) is 11.8 Å². The molecule has 1 heterocycles. The number of rotatable bonds is 4. The molecule has 5 nitrogen and oxygen atoms in total. The van der Waals surface area contributed by atoms with Gasteiger partial charge in [0.25, 0.3) is 0 Å². The number of nitriles is 1. The lowest BCUT2D eigenvalue weighted by molar-refractivity contribution is -0.121. The van der Waals surface area contributed by atoms with E-state index in [0.717, 1.165) is 4.47 Å². The Balaban J connectivity index is 3.11. The van der Waals surface area contributed by atoms with Crippen molar-refractivity contribution in [2.75, 3.05) is 7.05 Å². The minimum absolute atomic E-state index is 0.356. The highest BCUT2D eigenvalue weighted by molar-refractivity contribution is 9.10. The Bertz CT molecular complexity index is 487. The maximum Gasteiger partial charge on any atom is 0.245 e. The first-order valence-corrected chi connectivity index (χ1v) is 5.85. The zero-order valence-electron chi connectivity index (χ0n) is 9.53. The third-order valence-electron chi connectivity index (χ3n) is 2.36. The standard InChI is InChI=1S/C11H12BrN3O2/c1-3-15-6-7(12)4-9(15)10(16)8(5-13)11(17)14-2/h4,6,8H,3H2,1-2H3,(H,14,17). The van der Waals surface area contributed by atoms with Crippen LogP contribution in [0.1, 0.15) is 17.4 Å². The maximum atomic E-state index is 12.0. The Labute approximate surface area is 108 Å². The number of carbonyl (C=O) groups is 2. The van der Waals surface area contributed by atoms with Gasteiger partial charge < -0.3 is 9.88 Å².